The zero-order valence-corrected chi connectivity index (χ0v) is 19.5. The molecule has 1 saturated heterocycles. The third-order valence-electron chi connectivity index (χ3n) is 5.00. The van der Waals surface area contributed by atoms with E-state index in [1.54, 1.807) is 0 Å². The summed E-state index contributed by atoms with van der Waals surface area (Å²) < 4.78 is 5.39. The van der Waals surface area contributed by atoms with Gasteiger partial charge in [-0.05, 0) is 24.3 Å². The first-order chi connectivity index (χ1) is 17.7. The molecule has 2 aromatic carbocycles. The molecule has 188 valence electrons. The Morgan fingerprint density at radius 3 is 1.67 bits per heavy atom. The van der Waals surface area contributed by atoms with Gasteiger partial charge < -0.3 is 20.3 Å². The number of ether oxygens (including phenoxy) is 1. The van der Waals surface area contributed by atoms with Crippen molar-refractivity contribution >= 4 is 41.0 Å². The van der Waals surface area contributed by atoms with Crippen molar-refractivity contribution in [3.05, 3.63) is 60.7 Å². The van der Waals surface area contributed by atoms with E-state index >= 15 is 0 Å². The molecule has 0 aliphatic carbocycles. The number of para-hydroxylation sites is 2. The Labute approximate surface area is 208 Å². The summed E-state index contributed by atoms with van der Waals surface area (Å²) in [5.74, 6) is -0.0342. The Kier molecular flexibility index (Phi) is 8.64. The Bertz CT molecular complexity index is 1050. The first-order valence-electron chi connectivity index (χ1n) is 11.4. The van der Waals surface area contributed by atoms with Crippen LogP contribution in [0.1, 0.15) is 0 Å². The molecule has 1 fully saturated rings. The lowest BCUT2D eigenvalue weighted by Crippen LogP contribution is -2.39. The number of aromatic nitrogens is 3. The Hall–Kier alpha value is -4.65. The first kappa shape index (κ1) is 24.5. The van der Waals surface area contributed by atoms with Gasteiger partial charge in [-0.2, -0.15) is 15.0 Å². The molecule has 1 aliphatic heterocycles. The first-order valence-corrected chi connectivity index (χ1v) is 11.4. The molecule has 0 radical (unpaired) electrons. The van der Waals surface area contributed by atoms with E-state index in [0.717, 1.165) is 11.4 Å². The normalized spacial score (nSPS) is 12.8. The minimum atomic E-state index is -0.318. The molecule has 0 saturated carbocycles. The van der Waals surface area contributed by atoms with Crippen LogP contribution in [-0.2, 0) is 14.3 Å². The molecule has 3 aromatic rings. The maximum atomic E-state index is 12.3. The molecule has 13 nitrogen and oxygen atoms in total. The van der Waals surface area contributed by atoms with Crippen LogP contribution in [0.5, 0.6) is 0 Å². The van der Waals surface area contributed by atoms with Crippen molar-refractivity contribution in [2.75, 3.05) is 65.8 Å². The third kappa shape index (κ3) is 7.70. The van der Waals surface area contributed by atoms with E-state index in [1.165, 1.54) is 0 Å². The van der Waals surface area contributed by atoms with E-state index < -0.39 is 0 Å². The van der Waals surface area contributed by atoms with Gasteiger partial charge in [0.2, 0.25) is 17.8 Å². The summed E-state index contributed by atoms with van der Waals surface area (Å²) in [4.78, 5) is 39.4. The van der Waals surface area contributed by atoms with Gasteiger partial charge in [0.05, 0.1) is 26.3 Å². The van der Waals surface area contributed by atoms with Gasteiger partial charge in [0, 0.05) is 24.5 Å². The second-order valence-corrected chi connectivity index (χ2v) is 7.67. The van der Waals surface area contributed by atoms with Crippen molar-refractivity contribution in [2.24, 2.45) is 0 Å². The lowest BCUT2D eigenvalue weighted by Gasteiger charge is -2.27. The third-order valence-corrected chi connectivity index (χ3v) is 5.00. The van der Waals surface area contributed by atoms with E-state index in [2.05, 4.69) is 47.3 Å². The smallest absolute Gasteiger partial charge is 0.257 e. The topological polar surface area (TPSA) is 157 Å². The number of hydrogen-bond donors (Lipinski definition) is 6. The van der Waals surface area contributed by atoms with Gasteiger partial charge in [-0.3, -0.25) is 31.3 Å². The zero-order chi connectivity index (χ0) is 25.0. The average Bonchev–Trinajstić information content (AvgIpc) is 2.94. The van der Waals surface area contributed by atoms with Crippen molar-refractivity contribution in [1.29, 1.82) is 0 Å². The molecule has 0 bridgehead atoms. The van der Waals surface area contributed by atoms with Gasteiger partial charge in [-0.25, -0.2) is 0 Å². The van der Waals surface area contributed by atoms with Crippen molar-refractivity contribution in [1.82, 2.24) is 25.8 Å². The number of carbonyl (C=O) groups excluding carboxylic acids is 2. The second-order valence-electron chi connectivity index (χ2n) is 7.67. The number of rotatable bonds is 11. The summed E-state index contributed by atoms with van der Waals surface area (Å²) in [7, 11) is 0. The number of amides is 2. The summed E-state index contributed by atoms with van der Waals surface area (Å²) in [5, 5.41) is 6.04. The van der Waals surface area contributed by atoms with E-state index in [4.69, 9.17) is 4.74 Å². The van der Waals surface area contributed by atoms with Gasteiger partial charge in [-0.1, -0.05) is 36.4 Å². The number of nitrogens with zero attached hydrogens (tertiary/aromatic N) is 4. The lowest BCUT2D eigenvalue weighted by atomic mass is 10.3. The van der Waals surface area contributed by atoms with Gasteiger partial charge in [0.25, 0.3) is 11.8 Å². The molecule has 13 heteroatoms. The average molecular weight is 493 g/mol. The SMILES string of the molecule is O=C(CNc1ccccc1)NNc1nc(NNC(=O)CNc2ccccc2)nc(N2CCOCC2)n1. The number of anilines is 5. The second kappa shape index (κ2) is 12.7. The van der Waals surface area contributed by atoms with Gasteiger partial charge in [0.15, 0.2) is 0 Å². The molecule has 6 N–H and O–H groups in total. The van der Waals surface area contributed by atoms with Gasteiger partial charge in [0.1, 0.15) is 0 Å². The molecule has 36 heavy (non-hydrogen) atoms. The van der Waals surface area contributed by atoms with Crippen molar-refractivity contribution < 1.29 is 14.3 Å². The van der Waals surface area contributed by atoms with Crippen LogP contribution in [0, 0.1) is 0 Å². The minimum absolute atomic E-state index is 0.0496. The highest BCUT2D eigenvalue weighted by Gasteiger charge is 2.17. The highest BCUT2D eigenvalue weighted by Crippen LogP contribution is 2.14. The van der Waals surface area contributed by atoms with Crippen LogP contribution < -0.4 is 37.2 Å². The predicted octanol–water partition coefficient (Wildman–Crippen LogP) is 0.819. The number of hydrazine groups is 2. The number of morpholine rings is 1. The highest BCUT2D eigenvalue weighted by molar-refractivity contribution is 5.82. The molecule has 0 unspecified atom stereocenters. The lowest BCUT2D eigenvalue weighted by molar-refractivity contribution is -0.119. The van der Waals surface area contributed by atoms with Crippen molar-refractivity contribution in [3.63, 3.8) is 0 Å². The largest absolute Gasteiger partial charge is 0.378 e. The summed E-state index contributed by atoms with van der Waals surface area (Å²) in [5.41, 5.74) is 12.2. The summed E-state index contributed by atoms with van der Waals surface area (Å²) in [6, 6.07) is 18.8. The Morgan fingerprint density at radius 2 is 1.19 bits per heavy atom. The standard InChI is InChI=1S/C23H28N10O3/c34-19(15-24-17-7-3-1-4-8-17)29-31-21-26-22(28-23(27-21)33-11-13-36-14-12-33)32-30-20(35)16-25-18-9-5-2-6-10-18/h1-10,24-25H,11-16H2,(H,29,34)(H,30,35)(H2,26,27,28,31,32). The molecule has 2 amide bonds. The summed E-state index contributed by atoms with van der Waals surface area (Å²) >= 11 is 0. The summed E-state index contributed by atoms with van der Waals surface area (Å²) in [6.07, 6.45) is 0. The quantitative estimate of drug-likeness (QED) is 0.211. The number of nitrogens with one attached hydrogen (secondary N) is 6. The van der Waals surface area contributed by atoms with Gasteiger partial charge >= 0.3 is 0 Å². The maximum Gasteiger partial charge on any atom is 0.257 e. The van der Waals surface area contributed by atoms with Crippen molar-refractivity contribution in [2.45, 2.75) is 0 Å². The number of hydrogen-bond acceptors (Lipinski definition) is 11. The maximum absolute atomic E-state index is 12.3. The Morgan fingerprint density at radius 1 is 0.722 bits per heavy atom. The van der Waals surface area contributed by atoms with Crippen molar-refractivity contribution in [3.8, 4) is 0 Å². The van der Waals surface area contributed by atoms with Crippen LogP contribution in [0.15, 0.2) is 60.7 Å². The molecule has 0 atom stereocenters. The monoisotopic (exact) mass is 492 g/mol. The molecule has 1 aliphatic rings. The minimum Gasteiger partial charge on any atom is -0.378 e. The Balaban J connectivity index is 1.34. The predicted molar refractivity (Wildman–Crippen MR) is 136 cm³/mol. The van der Waals surface area contributed by atoms with Crippen LogP contribution in [0.25, 0.3) is 0 Å². The van der Waals surface area contributed by atoms with Crippen LogP contribution in [0.4, 0.5) is 29.2 Å². The van der Waals surface area contributed by atoms with Crippen LogP contribution in [0.2, 0.25) is 0 Å². The fourth-order valence-corrected chi connectivity index (χ4v) is 3.20. The fraction of sp³-hybridized carbons (Fsp3) is 0.261. The van der Waals surface area contributed by atoms with E-state index in [-0.39, 0.29) is 36.8 Å². The number of benzene rings is 2. The van der Waals surface area contributed by atoms with E-state index in [0.29, 0.717) is 32.3 Å². The molecule has 4 rings (SSSR count). The van der Waals surface area contributed by atoms with E-state index in [1.807, 2.05) is 65.6 Å². The molecule has 1 aromatic heterocycles. The van der Waals surface area contributed by atoms with Crippen LogP contribution in [0.3, 0.4) is 0 Å². The molecule has 2 heterocycles. The molecular formula is C23H28N10O3. The van der Waals surface area contributed by atoms with Crippen LogP contribution in [-0.4, -0.2) is 66.2 Å². The fourth-order valence-electron chi connectivity index (χ4n) is 3.20. The zero-order valence-electron chi connectivity index (χ0n) is 19.5. The highest BCUT2D eigenvalue weighted by atomic mass is 16.5. The molecular weight excluding hydrogens is 464 g/mol. The summed E-state index contributed by atoms with van der Waals surface area (Å²) in [6.45, 7) is 2.39. The number of carbonyl (C=O) groups is 2. The van der Waals surface area contributed by atoms with E-state index in [9.17, 15) is 9.59 Å². The van der Waals surface area contributed by atoms with Crippen LogP contribution >= 0.6 is 0 Å². The van der Waals surface area contributed by atoms with Gasteiger partial charge in [-0.15, -0.1) is 0 Å². The molecule has 0 spiro atoms.